The first-order valence-corrected chi connectivity index (χ1v) is 22.5. The van der Waals surface area contributed by atoms with Crippen LogP contribution < -0.4 is 4.74 Å². The third-order valence-corrected chi connectivity index (χ3v) is 14.7. The van der Waals surface area contributed by atoms with Crippen LogP contribution in [0.1, 0.15) is 45.4 Å². The summed E-state index contributed by atoms with van der Waals surface area (Å²) in [7, 11) is 0. The molecule has 0 spiro atoms. The number of fused-ring (bicyclic) bond motifs is 1. The molecule has 0 aliphatic carbocycles. The second-order valence-electron chi connectivity index (χ2n) is 11.5. The Hall–Kier alpha value is -1.70. The Morgan fingerprint density at radius 3 is 1.65 bits per heavy atom. The van der Waals surface area contributed by atoms with Gasteiger partial charge in [0.2, 0.25) is 0 Å². The number of thiophene rings is 4. The Bertz CT molecular complexity index is 2230. The Labute approximate surface area is 336 Å². The molecule has 49 heavy (non-hydrogen) atoms. The minimum Gasteiger partial charge on any atom is -0.493 e. The Morgan fingerprint density at radius 1 is 0.531 bits per heavy atom. The van der Waals surface area contributed by atoms with E-state index in [2.05, 4.69) is 150 Å². The molecule has 0 unspecified atom stereocenters. The summed E-state index contributed by atoms with van der Waals surface area (Å²) >= 11 is 21.6. The maximum atomic E-state index is 6.58. The van der Waals surface area contributed by atoms with Crippen molar-refractivity contribution in [3.05, 3.63) is 94.0 Å². The second kappa shape index (κ2) is 16.3. The number of hydrogen-bond donors (Lipinski definition) is 0. The van der Waals surface area contributed by atoms with Gasteiger partial charge in [-0.1, -0.05) is 57.2 Å². The topological polar surface area (TPSA) is 35.0 Å². The van der Waals surface area contributed by atoms with E-state index in [0.29, 0.717) is 6.61 Å². The predicted octanol–water partition coefficient (Wildman–Crippen LogP) is 16.0. The highest BCUT2D eigenvalue weighted by atomic mass is 79.9. The van der Waals surface area contributed by atoms with Gasteiger partial charge in [0.25, 0.3) is 0 Å². The third kappa shape index (κ3) is 8.04. The van der Waals surface area contributed by atoms with Crippen molar-refractivity contribution in [3.8, 4) is 58.9 Å². The van der Waals surface area contributed by atoms with Gasteiger partial charge >= 0.3 is 0 Å². The highest BCUT2D eigenvalue weighted by Gasteiger charge is 2.26. The predicted molar refractivity (Wildman–Crippen MR) is 228 cm³/mol. The van der Waals surface area contributed by atoms with Crippen LogP contribution in [0.15, 0.2) is 94.0 Å². The first-order valence-electron chi connectivity index (χ1n) is 16.0. The average Bonchev–Trinajstić information content (AvgIpc) is 3.92. The van der Waals surface area contributed by atoms with Crippen LogP contribution in [-0.2, 0) is 0 Å². The molecule has 250 valence electrons. The molecule has 11 heteroatoms. The quantitative estimate of drug-likeness (QED) is 0.108. The van der Waals surface area contributed by atoms with Crippen molar-refractivity contribution in [2.45, 2.75) is 45.4 Å². The van der Waals surface area contributed by atoms with E-state index in [1.807, 2.05) is 0 Å². The van der Waals surface area contributed by atoms with Gasteiger partial charge < -0.3 is 4.74 Å². The van der Waals surface area contributed by atoms with Crippen molar-refractivity contribution in [2.24, 2.45) is 0 Å². The zero-order chi connectivity index (χ0) is 33.9. The fourth-order valence-electron chi connectivity index (χ4n) is 5.87. The fraction of sp³-hybridized carbons (Fsp3) is 0.211. The van der Waals surface area contributed by atoms with Crippen LogP contribution in [0.4, 0.5) is 0 Å². The largest absolute Gasteiger partial charge is 0.493 e. The number of halogens is 4. The van der Waals surface area contributed by atoms with Crippen LogP contribution in [0.2, 0.25) is 0 Å². The van der Waals surface area contributed by atoms with Crippen molar-refractivity contribution in [3.63, 3.8) is 0 Å². The van der Waals surface area contributed by atoms with Gasteiger partial charge in [-0.3, -0.25) is 0 Å². The molecule has 3 nitrogen and oxygen atoms in total. The first kappa shape index (κ1) is 35.7. The number of rotatable bonds is 13. The summed E-state index contributed by atoms with van der Waals surface area (Å²) in [6.45, 7) is 2.95. The van der Waals surface area contributed by atoms with Crippen molar-refractivity contribution >= 4 is 120 Å². The Morgan fingerprint density at radius 2 is 1.06 bits per heavy atom. The summed E-state index contributed by atoms with van der Waals surface area (Å²) in [6.07, 6.45) is 7.34. The van der Waals surface area contributed by atoms with Crippen LogP contribution >= 0.6 is 109 Å². The summed E-state index contributed by atoms with van der Waals surface area (Å²) in [4.78, 5) is 15.5. The molecule has 5 heterocycles. The minimum atomic E-state index is 0.693. The lowest BCUT2D eigenvalue weighted by atomic mass is 9.92. The van der Waals surface area contributed by atoms with Gasteiger partial charge in [0.05, 0.1) is 42.5 Å². The molecular formula is C38H30Br4N2OS4. The van der Waals surface area contributed by atoms with E-state index >= 15 is 0 Å². The van der Waals surface area contributed by atoms with Crippen LogP contribution in [0.25, 0.3) is 64.2 Å². The number of unbranched alkanes of at least 4 members (excludes halogenated alkanes) is 5. The molecule has 0 N–H and O–H groups in total. The molecule has 0 saturated heterocycles. The number of para-hydroxylation sites is 1. The van der Waals surface area contributed by atoms with E-state index in [0.717, 1.165) is 91.5 Å². The molecule has 7 rings (SSSR count). The molecule has 0 radical (unpaired) electrons. The van der Waals surface area contributed by atoms with Crippen molar-refractivity contribution in [2.75, 3.05) is 6.61 Å². The number of nitrogens with zero attached hydrogens (tertiary/aromatic N) is 2. The number of aromatic nitrogens is 2. The Kier molecular flexibility index (Phi) is 11.9. The van der Waals surface area contributed by atoms with Gasteiger partial charge in [-0.05, 0) is 136 Å². The number of ether oxygens (including phenoxy) is 1. The van der Waals surface area contributed by atoms with E-state index in [4.69, 9.17) is 14.7 Å². The summed E-state index contributed by atoms with van der Waals surface area (Å²) in [5.74, 6) is 0.890. The summed E-state index contributed by atoms with van der Waals surface area (Å²) in [5, 5.41) is 0. The number of benzene rings is 2. The van der Waals surface area contributed by atoms with Crippen LogP contribution in [0, 0.1) is 0 Å². The molecule has 0 atom stereocenters. The molecule has 5 aromatic heterocycles. The summed E-state index contributed by atoms with van der Waals surface area (Å²) in [5.41, 5.74) is 7.75. The highest BCUT2D eigenvalue weighted by molar-refractivity contribution is 9.11. The van der Waals surface area contributed by atoms with Crippen molar-refractivity contribution < 1.29 is 4.74 Å². The lowest BCUT2D eigenvalue weighted by molar-refractivity contribution is 0.305. The van der Waals surface area contributed by atoms with Gasteiger partial charge in [-0.25, -0.2) is 9.97 Å². The Balaban J connectivity index is 1.48. The molecule has 0 amide bonds. The maximum Gasteiger partial charge on any atom is 0.127 e. The molecule has 2 aromatic carbocycles. The van der Waals surface area contributed by atoms with E-state index in [9.17, 15) is 0 Å². The normalized spacial score (nSPS) is 11.5. The van der Waals surface area contributed by atoms with Gasteiger partial charge in [0.1, 0.15) is 17.1 Å². The fourth-order valence-corrected chi connectivity index (χ4v) is 11.5. The van der Waals surface area contributed by atoms with Gasteiger partial charge in [-0.15, -0.1) is 45.3 Å². The first-order chi connectivity index (χ1) is 23.9. The summed E-state index contributed by atoms with van der Waals surface area (Å²) in [6, 6.07) is 27.7. The SMILES string of the molecule is CCCCCCCCOc1ccccc1-c1cc(-c2ccc(Br)s2)c2nc(-c3ccc(Br)s3)c(-c3ccc(Br)s3)nc2c1-c1ccc(Br)s1. The van der Waals surface area contributed by atoms with Crippen molar-refractivity contribution in [1.82, 2.24) is 9.97 Å². The smallest absolute Gasteiger partial charge is 0.127 e. The lowest BCUT2D eigenvalue weighted by Gasteiger charge is -2.19. The molecular weight excluding hydrogens is 948 g/mol. The molecule has 0 saturated carbocycles. The lowest BCUT2D eigenvalue weighted by Crippen LogP contribution is -2.01. The van der Waals surface area contributed by atoms with Crippen LogP contribution in [0.5, 0.6) is 5.75 Å². The highest BCUT2D eigenvalue weighted by Crippen LogP contribution is 2.50. The monoisotopic (exact) mass is 974 g/mol. The van der Waals surface area contributed by atoms with Crippen LogP contribution in [0.3, 0.4) is 0 Å². The van der Waals surface area contributed by atoms with E-state index in [1.54, 1.807) is 45.3 Å². The zero-order valence-electron chi connectivity index (χ0n) is 26.4. The molecule has 0 aliphatic rings. The van der Waals surface area contributed by atoms with Crippen molar-refractivity contribution in [1.29, 1.82) is 0 Å². The molecule has 0 bridgehead atoms. The molecule has 0 aliphatic heterocycles. The summed E-state index contributed by atoms with van der Waals surface area (Å²) < 4.78 is 10.8. The van der Waals surface area contributed by atoms with E-state index in [1.165, 1.54) is 32.1 Å². The zero-order valence-corrected chi connectivity index (χ0v) is 36.0. The third-order valence-electron chi connectivity index (χ3n) is 8.15. The maximum absolute atomic E-state index is 6.58. The van der Waals surface area contributed by atoms with E-state index < -0.39 is 0 Å². The molecule has 7 aromatic rings. The van der Waals surface area contributed by atoms with Gasteiger partial charge in [-0.2, -0.15) is 0 Å². The van der Waals surface area contributed by atoms with E-state index in [-0.39, 0.29) is 0 Å². The second-order valence-corrected chi connectivity index (χ2v) is 21.3. The average molecular weight is 979 g/mol. The minimum absolute atomic E-state index is 0.693. The standard InChI is InChI=1S/C38H30Br4N2OS4/c1-2-3-4-5-6-9-20-45-25-11-8-7-10-22(25)23-21-24(26-12-16-30(39)46-26)35-38(34(23)27-13-17-31(40)47-27)44-37(29-15-19-33(42)49-29)36(43-35)28-14-18-32(41)48-28/h7-8,10-19,21H,2-6,9,20H2,1H3. The number of hydrogen-bond acceptors (Lipinski definition) is 7. The molecule has 0 fully saturated rings. The van der Waals surface area contributed by atoms with Gasteiger partial charge in [0, 0.05) is 26.4 Å². The van der Waals surface area contributed by atoms with Crippen LogP contribution in [-0.4, -0.2) is 16.6 Å². The van der Waals surface area contributed by atoms with Gasteiger partial charge in [0.15, 0.2) is 0 Å².